The van der Waals surface area contributed by atoms with Crippen molar-refractivity contribution >= 4 is 5.95 Å². The van der Waals surface area contributed by atoms with Gasteiger partial charge in [0.2, 0.25) is 5.95 Å². The highest BCUT2D eigenvalue weighted by Crippen LogP contribution is 2.21. The molecule has 7 heteroatoms. The topological polar surface area (TPSA) is 88.7 Å². The van der Waals surface area contributed by atoms with Gasteiger partial charge in [-0.3, -0.25) is 9.78 Å². The Labute approximate surface area is 118 Å². The standard InChI is InChI=1S/C13H21N7/c1-10(20-7-3-5-15-20)12-16-13(18-17-12)19-6-2-4-11(8-14)9-19/h3,5,7,10-11H,2,4,6,8-9,14H2,1H3,(H,16,17,18). The molecular formula is C13H21N7. The average Bonchev–Trinajstić information content (AvgIpc) is 3.18. The highest BCUT2D eigenvalue weighted by Gasteiger charge is 2.22. The minimum atomic E-state index is 0.0568. The maximum absolute atomic E-state index is 5.77. The first-order valence-corrected chi connectivity index (χ1v) is 7.14. The number of rotatable bonds is 4. The molecule has 0 amide bonds. The number of aromatic nitrogens is 5. The molecule has 2 unspecified atom stereocenters. The molecule has 20 heavy (non-hydrogen) atoms. The number of anilines is 1. The van der Waals surface area contributed by atoms with Crippen LogP contribution in [0.1, 0.15) is 31.6 Å². The average molecular weight is 275 g/mol. The van der Waals surface area contributed by atoms with Crippen LogP contribution in [0.2, 0.25) is 0 Å². The Morgan fingerprint density at radius 2 is 2.45 bits per heavy atom. The molecule has 108 valence electrons. The normalized spacial score (nSPS) is 21.1. The number of aromatic amines is 1. The number of nitrogens with one attached hydrogen (secondary N) is 1. The van der Waals surface area contributed by atoms with Crippen molar-refractivity contribution in [2.45, 2.75) is 25.8 Å². The molecule has 3 rings (SSSR count). The van der Waals surface area contributed by atoms with E-state index in [1.807, 2.05) is 16.9 Å². The lowest BCUT2D eigenvalue weighted by Crippen LogP contribution is -2.39. The molecule has 0 aliphatic carbocycles. The molecule has 2 atom stereocenters. The summed E-state index contributed by atoms with van der Waals surface area (Å²) in [5.41, 5.74) is 5.77. The van der Waals surface area contributed by atoms with Crippen LogP contribution in [0.3, 0.4) is 0 Å². The van der Waals surface area contributed by atoms with Crippen LogP contribution in [0, 0.1) is 5.92 Å². The Bertz CT molecular complexity index is 533. The summed E-state index contributed by atoms with van der Waals surface area (Å²) in [5, 5.41) is 11.6. The second-order valence-electron chi connectivity index (χ2n) is 5.37. The summed E-state index contributed by atoms with van der Waals surface area (Å²) in [7, 11) is 0. The van der Waals surface area contributed by atoms with Gasteiger partial charge in [0.25, 0.3) is 0 Å². The fourth-order valence-corrected chi connectivity index (χ4v) is 2.67. The molecule has 3 N–H and O–H groups in total. The van der Waals surface area contributed by atoms with Crippen molar-refractivity contribution in [1.82, 2.24) is 25.0 Å². The number of nitrogens with two attached hydrogens (primary N) is 1. The van der Waals surface area contributed by atoms with Crippen LogP contribution in [-0.2, 0) is 0 Å². The maximum Gasteiger partial charge on any atom is 0.244 e. The van der Waals surface area contributed by atoms with E-state index in [2.05, 4.69) is 32.1 Å². The van der Waals surface area contributed by atoms with Crippen LogP contribution in [0.5, 0.6) is 0 Å². The lowest BCUT2D eigenvalue weighted by Gasteiger charge is -2.31. The summed E-state index contributed by atoms with van der Waals surface area (Å²) in [6, 6.07) is 1.96. The Morgan fingerprint density at radius 3 is 3.20 bits per heavy atom. The lowest BCUT2D eigenvalue weighted by molar-refractivity contribution is 0.419. The van der Waals surface area contributed by atoms with Crippen LogP contribution >= 0.6 is 0 Å². The molecule has 1 saturated heterocycles. The van der Waals surface area contributed by atoms with E-state index in [-0.39, 0.29) is 6.04 Å². The van der Waals surface area contributed by atoms with Crippen molar-refractivity contribution in [2.75, 3.05) is 24.5 Å². The summed E-state index contributed by atoms with van der Waals surface area (Å²) in [5.74, 6) is 2.16. The van der Waals surface area contributed by atoms with Crippen molar-refractivity contribution in [3.8, 4) is 0 Å². The quantitative estimate of drug-likeness (QED) is 0.861. The maximum atomic E-state index is 5.77. The minimum Gasteiger partial charge on any atom is -0.339 e. The van der Waals surface area contributed by atoms with Gasteiger partial charge in [-0.25, -0.2) is 0 Å². The van der Waals surface area contributed by atoms with E-state index >= 15 is 0 Å². The zero-order valence-electron chi connectivity index (χ0n) is 11.7. The highest BCUT2D eigenvalue weighted by atomic mass is 15.4. The predicted octanol–water partition coefficient (Wildman–Crippen LogP) is 0.786. The van der Waals surface area contributed by atoms with Crippen molar-refractivity contribution in [3.63, 3.8) is 0 Å². The molecule has 0 saturated carbocycles. The minimum absolute atomic E-state index is 0.0568. The fraction of sp³-hybridized carbons (Fsp3) is 0.615. The van der Waals surface area contributed by atoms with Gasteiger partial charge in [-0.15, -0.1) is 5.10 Å². The van der Waals surface area contributed by atoms with Crippen LogP contribution in [0.15, 0.2) is 18.5 Å². The summed E-state index contributed by atoms with van der Waals surface area (Å²) in [6.07, 6.45) is 6.05. The molecular weight excluding hydrogens is 254 g/mol. The van der Waals surface area contributed by atoms with Crippen molar-refractivity contribution < 1.29 is 0 Å². The van der Waals surface area contributed by atoms with Crippen LogP contribution < -0.4 is 10.6 Å². The van der Waals surface area contributed by atoms with E-state index < -0.39 is 0 Å². The monoisotopic (exact) mass is 275 g/mol. The highest BCUT2D eigenvalue weighted by molar-refractivity contribution is 5.30. The molecule has 3 heterocycles. The van der Waals surface area contributed by atoms with Crippen LogP contribution in [0.25, 0.3) is 0 Å². The molecule has 1 aliphatic heterocycles. The summed E-state index contributed by atoms with van der Waals surface area (Å²) in [4.78, 5) is 6.84. The van der Waals surface area contributed by atoms with Crippen molar-refractivity contribution in [1.29, 1.82) is 0 Å². The summed E-state index contributed by atoms with van der Waals surface area (Å²) < 4.78 is 1.86. The van der Waals surface area contributed by atoms with Gasteiger partial charge in [0.1, 0.15) is 6.04 Å². The number of hydrogen-bond acceptors (Lipinski definition) is 5. The molecule has 0 aromatic carbocycles. The van der Waals surface area contributed by atoms with Gasteiger partial charge in [-0.05, 0) is 38.3 Å². The second-order valence-corrected chi connectivity index (χ2v) is 5.37. The SMILES string of the molecule is CC(c1nc(N2CCCC(CN)C2)n[nH]1)n1cccn1. The number of piperidine rings is 1. The molecule has 7 nitrogen and oxygen atoms in total. The molecule has 0 radical (unpaired) electrons. The third-order valence-corrected chi connectivity index (χ3v) is 3.94. The Balaban J connectivity index is 1.73. The van der Waals surface area contributed by atoms with Gasteiger partial charge in [0.05, 0.1) is 0 Å². The molecule has 1 fully saturated rings. The van der Waals surface area contributed by atoms with E-state index in [1.54, 1.807) is 6.20 Å². The van der Waals surface area contributed by atoms with Crippen molar-refractivity contribution in [3.05, 3.63) is 24.3 Å². The first-order chi connectivity index (χ1) is 9.78. The zero-order chi connectivity index (χ0) is 13.9. The largest absolute Gasteiger partial charge is 0.339 e. The first kappa shape index (κ1) is 13.1. The van der Waals surface area contributed by atoms with Crippen LogP contribution in [-0.4, -0.2) is 44.6 Å². The molecule has 1 aliphatic rings. The van der Waals surface area contributed by atoms with Gasteiger partial charge < -0.3 is 10.6 Å². The summed E-state index contributed by atoms with van der Waals surface area (Å²) >= 11 is 0. The molecule has 0 bridgehead atoms. The second kappa shape index (κ2) is 5.62. The molecule has 0 spiro atoms. The number of hydrogen-bond donors (Lipinski definition) is 2. The van der Waals surface area contributed by atoms with Gasteiger partial charge >= 0.3 is 0 Å². The van der Waals surface area contributed by atoms with Gasteiger partial charge in [-0.2, -0.15) is 10.1 Å². The lowest BCUT2D eigenvalue weighted by atomic mass is 9.99. The predicted molar refractivity (Wildman–Crippen MR) is 76.4 cm³/mol. The Kier molecular flexibility index (Phi) is 3.68. The van der Waals surface area contributed by atoms with Crippen molar-refractivity contribution in [2.24, 2.45) is 11.7 Å². The zero-order valence-corrected chi connectivity index (χ0v) is 11.7. The third-order valence-electron chi connectivity index (χ3n) is 3.94. The Hall–Kier alpha value is -1.89. The van der Waals surface area contributed by atoms with E-state index in [1.165, 1.54) is 6.42 Å². The van der Waals surface area contributed by atoms with E-state index in [4.69, 9.17) is 5.73 Å². The molecule has 2 aromatic rings. The van der Waals surface area contributed by atoms with Gasteiger partial charge in [0, 0.05) is 25.5 Å². The first-order valence-electron chi connectivity index (χ1n) is 7.14. The van der Waals surface area contributed by atoms with Gasteiger partial charge in [0.15, 0.2) is 5.82 Å². The van der Waals surface area contributed by atoms with Crippen LogP contribution in [0.4, 0.5) is 5.95 Å². The van der Waals surface area contributed by atoms with E-state index in [9.17, 15) is 0 Å². The summed E-state index contributed by atoms with van der Waals surface area (Å²) in [6.45, 7) is 4.74. The number of H-pyrrole nitrogens is 1. The third kappa shape index (κ3) is 2.53. The Morgan fingerprint density at radius 1 is 1.55 bits per heavy atom. The molecule has 2 aromatic heterocycles. The smallest absolute Gasteiger partial charge is 0.244 e. The van der Waals surface area contributed by atoms with E-state index in [0.717, 1.165) is 37.8 Å². The number of nitrogens with zero attached hydrogens (tertiary/aromatic N) is 5. The fourth-order valence-electron chi connectivity index (χ4n) is 2.67. The van der Waals surface area contributed by atoms with E-state index in [0.29, 0.717) is 5.92 Å². The van der Waals surface area contributed by atoms with Gasteiger partial charge in [-0.1, -0.05) is 0 Å².